The highest BCUT2D eigenvalue weighted by Gasteiger charge is 2.07. The summed E-state index contributed by atoms with van der Waals surface area (Å²) >= 11 is 0. The van der Waals surface area contributed by atoms with Crippen LogP contribution in [0.15, 0.2) is 12.2 Å². The van der Waals surface area contributed by atoms with Crippen LogP contribution in [0.2, 0.25) is 0 Å². The highest BCUT2D eigenvalue weighted by Crippen LogP contribution is 1.95. The van der Waals surface area contributed by atoms with E-state index in [9.17, 15) is 9.59 Å². The molecule has 1 atom stereocenters. The van der Waals surface area contributed by atoms with Crippen molar-refractivity contribution in [2.75, 3.05) is 0 Å². The smallest absolute Gasteiger partial charge is 0.331 e. The van der Waals surface area contributed by atoms with Gasteiger partial charge in [0, 0.05) is 5.57 Å². The van der Waals surface area contributed by atoms with Crippen LogP contribution in [0.4, 0.5) is 0 Å². The van der Waals surface area contributed by atoms with Crippen LogP contribution < -0.4 is 0 Å². The maximum absolute atomic E-state index is 9.87. The molecular formula is C5H10O4P+. The molecule has 0 aromatic rings. The molecule has 10 heavy (non-hydrogen) atoms. The molecule has 0 aromatic heterocycles. The number of carboxylic acids is 2. The predicted molar refractivity (Wildman–Crippen MR) is 41.5 cm³/mol. The second-order valence-corrected chi connectivity index (χ2v) is 1.48. The Morgan fingerprint density at radius 2 is 1.70 bits per heavy atom. The minimum Gasteiger partial charge on any atom is -0.481 e. The van der Waals surface area contributed by atoms with Crippen LogP contribution in [0.1, 0.15) is 6.42 Å². The monoisotopic (exact) mass is 165 g/mol. The second-order valence-electron chi connectivity index (χ2n) is 1.48. The maximum atomic E-state index is 9.87. The SMILES string of the molecule is C=C(CC(=O)O)C(=O)O.[PH4+]. The number of rotatable bonds is 3. The third-order valence-corrected chi connectivity index (χ3v) is 0.667. The largest absolute Gasteiger partial charge is 0.481 e. The number of hydrogen-bond donors (Lipinski definition) is 2. The van der Waals surface area contributed by atoms with E-state index in [1.807, 2.05) is 0 Å². The van der Waals surface area contributed by atoms with E-state index in [-0.39, 0.29) is 15.5 Å². The van der Waals surface area contributed by atoms with Crippen LogP contribution in [0.3, 0.4) is 0 Å². The topological polar surface area (TPSA) is 74.6 Å². The summed E-state index contributed by atoms with van der Waals surface area (Å²) in [5.74, 6) is -2.44. The van der Waals surface area contributed by atoms with E-state index in [4.69, 9.17) is 10.2 Å². The van der Waals surface area contributed by atoms with Gasteiger partial charge in [0.15, 0.2) is 0 Å². The molecule has 0 aliphatic rings. The minimum atomic E-state index is -1.27. The molecule has 0 saturated carbocycles. The fourth-order valence-corrected chi connectivity index (χ4v) is 0.258. The van der Waals surface area contributed by atoms with Gasteiger partial charge in [-0.25, -0.2) is 4.79 Å². The fraction of sp³-hybridized carbons (Fsp3) is 0.200. The third-order valence-electron chi connectivity index (χ3n) is 0.667. The molecule has 0 aromatic carbocycles. The lowest BCUT2D eigenvalue weighted by Crippen LogP contribution is -2.04. The zero-order valence-electron chi connectivity index (χ0n) is 5.63. The van der Waals surface area contributed by atoms with Crippen LogP contribution in [0.5, 0.6) is 0 Å². The fourth-order valence-electron chi connectivity index (χ4n) is 0.258. The first kappa shape index (κ1) is 11.9. The Bertz CT molecular complexity index is 163. The van der Waals surface area contributed by atoms with Crippen molar-refractivity contribution in [2.24, 2.45) is 0 Å². The Kier molecular flexibility index (Phi) is 5.86. The molecule has 0 rings (SSSR count). The molecule has 0 aliphatic carbocycles. The van der Waals surface area contributed by atoms with Gasteiger partial charge in [-0.1, -0.05) is 6.58 Å². The van der Waals surface area contributed by atoms with Gasteiger partial charge < -0.3 is 10.2 Å². The normalized spacial score (nSPS) is 7.60. The Balaban J connectivity index is 0. The van der Waals surface area contributed by atoms with Crippen LogP contribution >= 0.6 is 9.90 Å². The Hall–Kier alpha value is -0.890. The predicted octanol–water partition coefficient (Wildman–Crippen LogP) is -0.108. The van der Waals surface area contributed by atoms with Gasteiger partial charge in [0.1, 0.15) is 0 Å². The van der Waals surface area contributed by atoms with E-state index in [1.165, 1.54) is 0 Å². The van der Waals surface area contributed by atoms with Gasteiger partial charge in [-0.2, -0.15) is 0 Å². The lowest BCUT2D eigenvalue weighted by atomic mass is 10.2. The summed E-state index contributed by atoms with van der Waals surface area (Å²) in [6, 6.07) is 0. The van der Waals surface area contributed by atoms with Gasteiger partial charge in [0.25, 0.3) is 0 Å². The van der Waals surface area contributed by atoms with Gasteiger partial charge in [0.05, 0.1) is 6.42 Å². The molecule has 58 valence electrons. The van der Waals surface area contributed by atoms with Crippen LogP contribution in [-0.4, -0.2) is 22.2 Å². The van der Waals surface area contributed by atoms with E-state index >= 15 is 0 Å². The summed E-state index contributed by atoms with van der Waals surface area (Å²) in [7, 11) is 0. The minimum absolute atomic E-state index is 0. The maximum Gasteiger partial charge on any atom is 0.331 e. The van der Waals surface area contributed by atoms with Crippen molar-refractivity contribution in [1.29, 1.82) is 0 Å². The van der Waals surface area contributed by atoms with E-state index < -0.39 is 18.4 Å². The number of aliphatic carboxylic acids is 2. The van der Waals surface area contributed by atoms with Crippen molar-refractivity contribution in [3.8, 4) is 0 Å². The summed E-state index contributed by atoms with van der Waals surface area (Å²) in [5, 5.41) is 16.1. The van der Waals surface area contributed by atoms with Crippen molar-refractivity contribution < 1.29 is 19.8 Å². The Morgan fingerprint density at radius 3 is 1.80 bits per heavy atom. The van der Waals surface area contributed by atoms with E-state index in [0.29, 0.717) is 0 Å². The highest BCUT2D eigenvalue weighted by molar-refractivity contribution is 6.92. The van der Waals surface area contributed by atoms with Crippen LogP contribution in [0.25, 0.3) is 0 Å². The van der Waals surface area contributed by atoms with E-state index in [2.05, 4.69) is 6.58 Å². The van der Waals surface area contributed by atoms with Gasteiger partial charge in [0.2, 0.25) is 0 Å². The molecule has 2 N–H and O–H groups in total. The van der Waals surface area contributed by atoms with Crippen molar-refractivity contribution >= 4 is 21.8 Å². The van der Waals surface area contributed by atoms with Crippen LogP contribution in [0, 0.1) is 0 Å². The molecule has 0 amide bonds. The van der Waals surface area contributed by atoms with Gasteiger partial charge in [-0.3, -0.25) is 4.79 Å². The summed E-state index contributed by atoms with van der Waals surface area (Å²) in [6.45, 7) is 3.01. The number of carboxylic acid groups (broad SMARTS) is 2. The van der Waals surface area contributed by atoms with Crippen molar-refractivity contribution in [1.82, 2.24) is 0 Å². The van der Waals surface area contributed by atoms with Gasteiger partial charge in [-0.15, -0.1) is 0 Å². The molecule has 1 unspecified atom stereocenters. The third kappa shape index (κ3) is 5.25. The first-order chi connectivity index (χ1) is 4.04. The van der Waals surface area contributed by atoms with Crippen molar-refractivity contribution in [3.63, 3.8) is 0 Å². The standard InChI is InChI=1S/C5H6O4.H3P/c1-3(5(8)9)2-4(6)7;/h1-2H2,(H,6,7)(H,8,9);1H3/p+1. The molecule has 0 radical (unpaired) electrons. The number of carbonyl (C=O) groups is 2. The van der Waals surface area contributed by atoms with E-state index in [1.54, 1.807) is 0 Å². The average Bonchev–Trinajstić information content (AvgIpc) is 1.63. The second kappa shape index (κ2) is 4.94. The van der Waals surface area contributed by atoms with E-state index in [0.717, 1.165) is 0 Å². The molecular weight excluding hydrogens is 155 g/mol. The zero-order chi connectivity index (χ0) is 7.44. The first-order valence-electron chi connectivity index (χ1n) is 2.17. The van der Waals surface area contributed by atoms with Crippen LogP contribution in [-0.2, 0) is 9.59 Å². The molecule has 4 nitrogen and oxygen atoms in total. The highest BCUT2D eigenvalue weighted by atomic mass is 31.0. The Labute approximate surface area is 61.2 Å². The quantitative estimate of drug-likeness (QED) is 0.452. The average molecular weight is 165 g/mol. The molecule has 0 spiro atoms. The summed E-state index contributed by atoms with van der Waals surface area (Å²) in [6.07, 6.45) is -0.505. The lowest BCUT2D eigenvalue weighted by Gasteiger charge is -1.91. The molecule has 5 heteroatoms. The molecule has 0 heterocycles. The zero-order valence-corrected chi connectivity index (χ0v) is 7.63. The lowest BCUT2D eigenvalue weighted by molar-refractivity contribution is -0.139. The first-order valence-corrected chi connectivity index (χ1v) is 2.17. The van der Waals surface area contributed by atoms with Crippen molar-refractivity contribution in [2.45, 2.75) is 6.42 Å². The van der Waals surface area contributed by atoms with Crippen molar-refractivity contribution in [3.05, 3.63) is 12.2 Å². The summed E-state index contributed by atoms with van der Waals surface area (Å²) in [4.78, 5) is 19.7. The molecule has 0 bridgehead atoms. The van der Waals surface area contributed by atoms with Gasteiger partial charge in [-0.05, 0) is 9.90 Å². The Morgan fingerprint density at radius 1 is 1.30 bits per heavy atom. The van der Waals surface area contributed by atoms with Gasteiger partial charge >= 0.3 is 11.9 Å². The number of hydrogen-bond acceptors (Lipinski definition) is 2. The molecule has 0 aliphatic heterocycles. The molecule has 0 saturated heterocycles. The molecule has 0 fully saturated rings. The summed E-state index contributed by atoms with van der Waals surface area (Å²) < 4.78 is 0. The summed E-state index contributed by atoms with van der Waals surface area (Å²) in [5.41, 5.74) is -0.303.